The fourth-order valence-electron chi connectivity index (χ4n) is 6.17. The van der Waals surface area contributed by atoms with Crippen LogP contribution in [0.1, 0.15) is 50.1 Å². The third-order valence-corrected chi connectivity index (χ3v) is 7.73. The SMILES string of the molecule is Nc1ncc(-c2cc(C3CC4CCC(C3)N4CC(F)(F)F)nc(N3CC4CC3C4)n2)cn1. The minimum Gasteiger partial charge on any atom is -0.368 e. The van der Waals surface area contributed by atoms with E-state index in [1.54, 1.807) is 17.3 Å². The van der Waals surface area contributed by atoms with E-state index in [4.69, 9.17) is 15.7 Å². The molecular formula is C22H26F3N7. The van der Waals surface area contributed by atoms with Gasteiger partial charge < -0.3 is 10.6 Å². The number of nitrogens with two attached hydrogens (primary N) is 1. The Morgan fingerprint density at radius 1 is 0.969 bits per heavy atom. The highest BCUT2D eigenvalue weighted by Crippen LogP contribution is 2.46. The van der Waals surface area contributed by atoms with Gasteiger partial charge in [0.15, 0.2) is 0 Å². The molecule has 2 aromatic rings. The Balaban J connectivity index is 1.32. The Kier molecular flexibility index (Phi) is 4.57. The molecule has 2 N–H and O–H groups in total. The summed E-state index contributed by atoms with van der Waals surface area (Å²) in [6.45, 7) is 0.163. The van der Waals surface area contributed by atoms with Crippen molar-refractivity contribution in [3.8, 4) is 11.3 Å². The topological polar surface area (TPSA) is 84.1 Å². The molecule has 4 saturated heterocycles. The maximum absolute atomic E-state index is 13.1. The molecule has 0 spiro atoms. The summed E-state index contributed by atoms with van der Waals surface area (Å²) in [7, 11) is 0. The van der Waals surface area contributed by atoms with E-state index in [1.807, 2.05) is 6.07 Å². The predicted octanol–water partition coefficient (Wildman–Crippen LogP) is 3.39. The summed E-state index contributed by atoms with van der Waals surface area (Å²) >= 11 is 0. The van der Waals surface area contributed by atoms with Crippen molar-refractivity contribution in [2.75, 3.05) is 23.7 Å². The molecule has 4 aliphatic heterocycles. The van der Waals surface area contributed by atoms with Gasteiger partial charge >= 0.3 is 6.18 Å². The van der Waals surface area contributed by atoms with Gasteiger partial charge in [-0.3, -0.25) is 4.90 Å². The van der Waals surface area contributed by atoms with Crippen LogP contribution in [0.15, 0.2) is 18.5 Å². The van der Waals surface area contributed by atoms with E-state index in [9.17, 15) is 13.2 Å². The summed E-state index contributed by atoms with van der Waals surface area (Å²) in [5.41, 5.74) is 8.10. The molecule has 32 heavy (non-hydrogen) atoms. The zero-order valence-corrected chi connectivity index (χ0v) is 17.7. The van der Waals surface area contributed by atoms with E-state index in [0.29, 0.717) is 18.9 Å². The van der Waals surface area contributed by atoms with E-state index in [1.165, 1.54) is 12.8 Å². The molecule has 6 heterocycles. The van der Waals surface area contributed by atoms with Crippen molar-refractivity contribution in [1.82, 2.24) is 24.8 Å². The molecule has 1 aliphatic carbocycles. The molecule has 2 atom stereocenters. The van der Waals surface area contributed by atoms with Crippen molar-refractivity contribution in [3.63, 3.8) is 0 Å². The van der Waals surface area contributed by atoms with Gasteiger partial charge in [-0.2, -0.15) is 13.2 Å². The van der Waals surface area contributed by atoms with Gasteiger partial charge in [0.1, 0.15) is 0 Å². The fraction of sp³-hybridized carbons (Fsp3) is 0.636. The van der Waals surface area contributed by atoms with Gasteiger partial charge in [0, 0.05) is 54.2 Å². The first-order valence-electron chi connectivity index (χ1n) is 11.4. The first-order valence-corrected chi connectivity index (χ1v) is 11.4. The summed E-state index contributed by atoms with van der Waals surface area (Å²) < 4.78 is 39.2. The van der Waals surface area contributed by atoms with Gasteiger partial charge in [0.25, 0.3) is 0 Å². The minimum absolute atomic E-state index is 0.0401. The fourth-order valence-corrected chi connectivity index (χ4v) is 6.17. The number of anilines is 2. The predicted molar refractivity (Wildman–Crippen MR) is 113 cm³/mol. The second-order valence-electron chi connectivity index (χ2n) is 9.79. The molecular weight excluding hydrogens is 419 g/mol. The first kappa shape index (κ1) is 20.1. The van der Waals surface area contributed by atoms with Gasteiger partial charge in [-0.05, 0) is 50.5 Å². The second kappa shape index (κ2) is 7.26. The lowest BCUT2D eigenvalue weighted by Gasteiger charge is -2.39. The average molecular weight is 445 g/mol. The number of piperidine rings is 1. The Labute approximate surface area is 184 Å². The largest absolute Gasteiger partial charge is 0.401 e. The monoisotopic (exact) mass is 445 g/mol. The van der Waals surface area contributed by atoms with Crippen molar-refractivity contribution in [3.05, 3.63) is 24.2 Å². The third-order valence-electron chi connectivity index (χ3n) is 7.73. The van der Waals surface area contributed by atoms with Gasteiger partial charge in [-0.1, -0.05) is 0 Å². The van der Waals surface area contributed by atoms with E-state index < -0.39 is 12.7 Å². The van der Waals surface area contributed by atoms with Crippen LogP contribution in [0.2, 0.25) is 0 Å². The van der Waals surface area contributed by atoms with Crippen LogP contribution in [0.3, 0.4) is 0 Å². The Morgan fingerprint density at radius 3 is 2.25 bits per heavy atom. The Bertz CT molecular complexity index is 992. The van der Waals surface area contributed by atoms with Crippen LogP contribution in [-0.2, 0) is 0 Å². The van der Waals surface area contributed by atoms with Crippen molar-refractivity contribution in [1.29, 1.82) is 0 Å². The molecule has 5 aliphatic rings. The third kappa shape index (κ3) is 3.58. The standard InChI is InChI=1S/C22H26F3N7/c23-22(24,25)11-32-15-1-2-16(32)6-13(5-15)18-7-19(14-8-27-20(26)28-9-14)30-21(29-18)31-10-12-3-17(31)4-12/h7-9,12-13,15-17H,1-6,10-11H2,(H2,26,27,28). The normalized spacial score (nSPS) is 31.7. The minimum atomic E-state index is -4.16. The molecule has 2 aromatic heterocycles. The van der Waals surface area contributed by atoms with Crippen molar-refractivity contribution in [2.24, 2.45) is 5.92 Å². The number of aromatic nitrogens is 4. The van der Waals surface area contributed by atoms with Crippen molar-refractivity contribution in [2.45, 2.75) is 68.7 Å². The number of alkyl halides is 3. The highest BCUT2D eigenvalue weighted by atomic mass is 19.4. The van der Waals surface area contributed by atoms with Crippen LogP contribution < -0.4 is 10.6 Å². The van der Waals surface area contributed by atoms with Crippen molar-refractivity contribution >= 4 is 11.9 Å². The number of nitrogens with zero attached hydrogens (tertiary/aromatic N) is 6. The number of fused-ring (bicyclic) bond motifs is 3. The molecule has 0 aromatic carbocycles. The molecule has 1 saturated carbocycles. The number of halogens is 3. The van der Waals surface area contributed by atoms with Gasteiger partial charge in [-0.25, -0.2) is 19.9 Å². The second-order valence-corrected chi connectivity index (χ2v) is 9.79. The summed E-state index contributed by atoms with van der Waals surface area (Å²) in [6.07, 6.45) is 4.60. The lowest BCUT2D eigenvalue weighted by atomic mass is 9.86. The zero-order chi connectivity index (χ0) is 22.0. The molecule has 0 amide bonds. The average Bonchev–Trinajstić information content (AvgIpc) is 3.38. The highest BCUT2D eigenvalue weighted by Gasteiger charge is 2.47. The lowest BCUT2D eigenvalue weighted by molar-refractivity contribution is -0.155. The number of hydrogen-bond acceptors (Lipinski definition) is 7. The number of nitrogen functional groups attached to an aromatic ring is 1. The van der Waals surface area contributed by atoms with E-state index in [-0.39, 0.29) is 23.9 Å². The van der Waals surface area contributed by atoms with Crippen LogP contribution in [0.25, 0.3) is 11.3 Å². The van der Waals surface area contributed by atoms with Crippen molar-refractivity contribution < 1.29 is 13.2 Å². The van der Waals surface area contributed by atoms with E-state index in [2.05, 4.69) is 14.9 Å². The molecule has 4 bridgehead atoms. The summed E-state index contributed by atoms with van der Waals surface area (Å²) in [4.78, 5) is 22.0. The van der Waals surface area contributed by atoms with Crippen LogP contribution in [0, 0.1) is 5.92 Å². The first-order chi connectivity index (χ1) is 15.3. The molecule has 170 valence electrons. The molecule has 10 heteroatoms. The van der Waals surface area contributed by atoms with Crippen LogP contribution >= 0.6 is 0 Å². The lowest BCUT2D eigenvalue weighted by Crippen LogP contribution is -2.47. The summed E-state index contributed by atoms with van der Waals surface area (Å²) in [6, 6.07) is 2.39. The maximum Gasteiger partial charge on any atom is 0.401 e. The smallest absolute Gasteiger partial charge is 0.368 e. The maximum atomic E-state index is 13.1. The Morgan fingerprint density at radius 2 is 1.66 bits per heavy atom. The van der Waals surface area contributed by atoms with Gasteiger partial charge in [-0.15, -0.1) is 0 Å². The number of rotatable bonds is 4. The summed E-state index contributed by atoms with van der Waals surface area (Å²) in [5.74, 6) is 1.78. The van der Waals surface area contributed by atoms with Crippen LogP contribution in [-0.4, -0.2) is 62.2 Å². The number of hydrogen-bond donors (Lipinski definition) is 1. The summed E-state index contributed by atoms with van der Waals surface area (Å²) in [5, 5.41) is 0. The van der Waals surface area contributed by atoms with Crippen LogP contribution in [0.4, 0.5) is 25.1 Å². The Hall–Kier alpha value is -2.49. The van der Waals surface area contributed by atoms with Crippen LogP contribution in [0.5, 0.6) is 0 Å². The molecule has 7 nitrogen and oxygen atoms in total. The molecule has 7 rings (SSSR count). The van der Waals surface area contributed by atoms with E-state index >= 15 is 0 Å². The quantitative estimate of drug-likeness (QED) is 0.772. The van der Waals surface area contributed by atoms with E-state index in [0.717, 1.165) is 48.2 Å². The highest BCUT2D eigenvalue weighted by molar-refractivity contribution is 5.60. The van der Waals surface area contributed by atoms with Gasteiger partial charge in [0.05, 0.1) is 12.2 Å². The molecule has 0 radical (unpaired) electrons. The molecule has 2 unspecified atom stereocenters. The van der Waals surface area contributed by atoms with Gasteiger partial charge in [0.2, 0.25) is 11.9 Å². The zero-order valence-electron chi connectivity index (χ0n) is 17.7. The molecule has 5 fully saturated rings.